The predicted molar refractivity (Wildman–Crippen MR) is 113 cm³/mol. The Balaban J connectivity index is 1.62. The first kappa shape index (κ1) is 19.7. The third-order valence-corrected chi connectivity index (χ3v) is 4.90. The number of nitrogens with one attached hydrogen (secondary N) is 1. The molecule has 4 heteroatoms. The molecule has 0 atom stereocenters. The second-order valence-corrected chi connectivity index (χ2v) is 6.70. The van der Waals surface area contributed by atoms with Crippen LogP contribution in [0.5, 0.6) is 5.75 Å². The van der Waals surface area contributed by atoms with E-state index in [4.69, 9.17) is 9.15 Å². The molecule has 0 aliphatic carbocycles. The van der Waals surface area contributed by atoms with Crippen LogP contribution in [0.4, 0.5) is 5.69 Å². The second-order valence-electron chi connectivity index (χ2n) is 6.70. The topological polar surface area (TPSA) is 51.5 Å². The van der Waals surface area contributed by atoms with Crippen molar-refractivity contribution in [3.63, 3.8) is 0 Å². The number of amides is 1. The predicted octanol–water partition coefficient (Wildman–Crippen LogP) is 5.65. The van der Waals surface area contributed by atoms with Crippen LogP contribution < -0.4 is 10.1 Å². The molecule has 0 saturated heterocycles. The highest BCUT2D eigenvalue weighted by atomic mass is 16.5. The SMILES string of the molecule is CCc1cccc(CC)c1NC(=O)CCc1ccc(-c2ccc(OC)cc2)o1. The van der Waals surface area contributed by atoms with Crippen LogP contribution in [0, 0.1) is 0 Å². The zero-order chi connectivity index (χ0) is 19.9. The molecule has 146 valence electrons. The average Bonchev–Trinajstić information content (AvgIpc) is 3.21. The van der Waals surface area contributed by atoms with Gasteiger partial charge in [-0.25, -0.2) is 0 Å². The molecule has 0 saturated carbocycles. The Labute approximate surface area is 166 Å². The number of benzene rings is 2. The first-order chi connectivity index (χ1) is 13.6. The Bertz CT molecular complexity index is 903. The second kappa shape index (κ2) is 9.27. The van der Waals surface area contributed by atoms with E-state index in [1.807, 2.05) is 36.4 Å². The standard InChI is InChI=1S/C24H27NO3/c1-4-17-7-6-8-18(5-2)24(17)25-23(26)16-14-21-13-15-22(28-21)19-9-11-20(27-3)12-10-19/h6-13,15H,4-5,14,16H2,1-3H3,(H,25,26). The van der Waals surface area contributed by atoms with Crippen LogP contribution in [0.3, 0.4) is 0 Å². The first-order valence-corrected chi connectivity index (χ1v) is 9.78. The maximum absolute atomic E-state index is 12.5. The summed E-state index contributed by atoms with van der Waals surface area (Å²) < 4.78 is 11.1. The van der Waals surface area contributed by atoms with E-state index in [0.717, 1.165) is 41.4 Å². The third kappa shape index (κ3) is 4.63. The van der Waals surface area contributed by atoms with Gasteiger partial charge in [-0.1, -0.05) is 32.0 Å². The van der Waals surface area contributed by atoms with Crippen LogP contribution in [0.15, 0.2) is 59.0 Å². The quantitative estimate of drug-likeness (QED) is 0.552. The van der Waals surface area contributed by atoms with E-state index in [2.05, 4.69) is 37.4 Å². The number of carbonyl (C=O) groups excluding carboxylic acids is 1. The van der Waals surface area contributed by atoms with Crippen LogP contribution in [-0.2, 0) is 24.1 Å². The fraction of sp³-hybridized carbons (Fsp3) is 0.292. The largest absolute Gasteiger partial charge is 0.497 e. The van der Waals surface area contributed by atoms with Crippen molar-refractivity contribution < 1.29 is 13.9 Å². The van der Waals surface area contributed by atoms with E-state index in [-0.39, 0.29) is 5.91 Å². The van der Waals surface area contributed by atoms with Gasteiger partial charge in [0, 0.05) is 24.1 Å². The fourth-order valence-electron chi connectivity index (χ4n) is 3.26. The van der Waals surface area contributed by atoms with Crippen molar-refractivity contribution in [2.75, 3.05) is 12.4 Å². The Morgan fingerprint density at radius 1 is 0.964 bits per heavy atom. The Kier molecular flexibility index (Phi) is 6.53. The molecule has 0 fully saturated rings. The summed E-state index contributed by atoms with van der Waals surface area (Å²) in [5.41, 5.74) is 4.30. The van der Waals surface area contributed by atoms with Crippen molar-refractivity contribution in [1.82, 2.24) is 0 Å². The highest BCUT2D eigenvalue weighted by Crippen LogP contribution is 2.26. The zero-order valence-corrected chi connectivity index (χ0v) is 16.7. The fourth-order valence-corrected chi connectivity index (χ4v) is 3.26. The van der Waals surface area contributed by atoms with Gasteiger partial charge in [-0.2, -0.15) is 0 Å². The van der Waals surface area contributed by atoms with Gasteiger partial charge < -0.3 is 14.5 Å². The van der Waals surface area contributed by atoms with Crippen molar-refractivity contribution >= 4 is 11.6 Å². The number of anilines is 1. The molecule has 3 rings (SSSR count). The van der Waals surface area contributed by atoms with Crippen molar-refractivity contribution in [3.8, 4) is 17.1 Å². The average molecular weight is 377 g/mol. The number of hydrogen-bond acceptors (Lipinski definition) is 3. The zero-order valence-electron chi connectivity index (χ0n) is 16.7. The van der Waals surface area contributed by atoms with Gasteiger partial charge >= 0.3 is 0 Å². The van der Waals surface area contributed by atoms with Gasteiger partial charge in [0.15, 0.2) is 0 Å². The summed E-state index contributed by atoms with van der Waals surface area (Å²) in [5, 5.41) is 3.11. The summed E-state index contributed by atoms with van der Waals surface area (Å²) in [4.78, 5) is 12.5. The van der Waals surface area contributed by atoms with Gasteiger partial charge in [0.1, 0.15) is 17.3 Å². The monoisotopic (exact) mass is 377 g/mol. The lowest BCUT2D eigenvalue weighted by molar-refractivity contribution is -0.116. The molecule has 0 spiro atoms. The van der Waals surface area contributed by atoms with Crippen LogP contribution >= 0.6 is 0 Å². The number of ether oxygens (including phenoxy) is 1. The van der Waals surface area contributed by atoms with Gasteiger partial charge in [0.25, 0.3) is 0 Å². The Morgan fingerprint density at radius 2 is 1.64 bits per heavy atom. The molecule has 0 bridgehead atoms. The molecule has 1 amide bonds. The molecule has 3 aromatic rings. The molecule has 1 aromatic heterocycles. The summed E-state index contributed by atoms with van der Waals surface area (Å²) in [5.74, 6) is 2.42. The molecule has 0 aliphatic rings. The first-order valence-electron chi connectivity index (χ1n) is 9.78. The minimum atomic E-state index is 0.0120. The van der Waals surface area contributed by atoms with E-state index in [1.165, 1.54) is 11.1 Å². The number of carbonyl (C=O) groups is 1. The minimum absolute atomic E-state index is 0.0120. The molecule has 0 aliphatic heterocycles. The molecule has 28 heavy (non-hydrogen) atoms. The lowest BCUT2D eigenvalue weighted by atomic mass is 10.0. The lowest BCUT2D eigenvalue weighted by Gasteiger charge is -2.14. The number of hydrogen-bond donors (Lipinski definition) is 1. The Morgan fingerprint density at radius 3 is 2.25 bits per heavy atom. The highest BCUT2D eigenvalue weighted by molar-refractivity contribution is 5.92. The maximum atomic E-state index is 12.5. The van der Waals surface area contributed by atoms with Crippen LogP contribution in [0.1, 0.15) is 37.2 Å². The van der Waals surface area contributed by atoms with Crippen molar-refractivity contribution in [2.24, 2.45) is 0 Å². The van der Waals surface area contributed by atoms with Crippen molar-refractivity contribution in [3.05, 3.63) is 71.5 Å². The van der Waals surface area contributed by atoms with Crippen molar-refractivity contribution in [2.45, 2.75) is 39.5 Å². The molecule has 0 radical (unpaired) electrons. The summed E-state index contributed by atoms with van der Waals surface area (Å²) in [6, 6.07) is 17.8. The van der Waals surface area contributed by atoms with E-state index < -0.39 is 0 Å². The molecule has 2 aromatic carbocycles. The van der Waals surface area contributed by atoms with Gasteiger partial charge in [-0.05, 0) is 60.4 Å². The van der Waals surface area contributed by atoms with Gasteiger partial charge in [-0.15, -0.1) is 0 Å². The highest BCUT2D eigenvalue weighted by Gasteiger charge is 2.12. The summed E-state index contributed by atoms with van der Waals surface area (Å²) >= 11 is 0. The molecule has 4 nitrogen and oxygen atoms in total. The normalized spacial score (nSPS) is 10.7. The van der Waals surface area contributed by atoms with Gasteiger partial charge in [0.05, 0.1) is 7.11 Å². The molecular formula is C24H27NO3. The third-order valence-electron chi connectivity index (χ3n) is 4.90. The smallest absolute Gasteiger partial charge is 0.224 e. The summed E-state index contributed by atoms with van der Waals surface area (Å²) in [6.07, 6.45) is 2.74. The number of rotatable bonds is 8. The maximum Gasteiger partial charge on any atom is 0.224 e. The molecule has 0 unspecified atom stereocenters. The molecule has 1 N–H and O–H groups in total. The summed E-state index contributed by atoms with van der Waals surface area (Å²) in [7, 11) is 1.65. The number of aryl methyl sites for hydroxylation is 3. The van der Waals surface area contributed by atoms with Crippen LogP contribution in [0.25, 0.3) is 11.3 Å². The number of para-hydroxylation sites is 1. The van der Waals surface area contributed by atoms with E-state index in [9.17, 15) is 4.79 Å². The number of furan rings is 1. The lowest BCUT2D eigenvalue weighted by Crippen LogP contribution is -2.15. The number of methoxy groups -OCH3 is 1. The van der Waals surface area contributed by atoms with Gasteiger partial charge in [-0.3, -0.25) is 4.79 Å². The molecule has 1 heterocycles. The van der Waals surface area contributed by atoms with Crippen LogP contribution in [0.2, 0.25) is 0 Å². The molecular weight excluding hydrogens is 350 g/mol. The summed E-state index contributed by atoms with van der Waals surface area (Å²) in [6.45, 7) is 4.21. The van der Waals surface area contributed by atoms with Crippen molar-refractivity contribution in [1.29, 1.82) is 0 Å². The van der Waals surface area contributed by atoms with E-state index in [0.29, 0.717) is 12.8 Å². The minimum Gasteiger partial charge on any atom is -0.497 e. The van der Waals surface area contributed by atoms with E-state index >= 15 is 0 Å². The van der Waals surface area contributed by atoms with Gasteiger partial charge in [0.2, 0.25) is 5.91 Å². The van der Waals surface area contributed by atoms with Crippen LogP contribution in [-0.4, -0.2) is 13.0 Å². The Hall–Kier alpha value is -3.01. The van der Waals surface area contributed by atoms with E-state index in [1.54, 1.807) is 7.11 Å².